The van der Waals surface area contributed by atoms with Crippen LogP contribution in [-0.4, -0.2) is 37.8 Å². The van der Waals surface area contributed by atoms with Gasteiger partial charge in [-0.1, -0.05) is 23.9 Å². The van der Waals surface area contributed by atoms with Gasteiger partial charge in [-0.3, -0.25) is 0 Å². The van der Waals surface area contributed by atoms with Crippen LogP contribution in [0.15, 0.2) is 71.5 Å². The molecule has 0 spiro atoms. The van der Waals surface area contributed by atoms with E-state index in [1.54, 1.807) is 58.2 Å². The van der Waals surface area contributed by atoms with E-state index >= 15 is 0 Å². The number of ether oxygens (including phenoxy) is 1. The third-order valence-corrected chi connectivity index (χ3v) is 6.84. The van der Waals surface area contributed by atoms with Crippen molar-refractivity contribution >= 4 is 40.1 Å². The number of methoxy groups -OCH3 is 1. The van der Waals surface area contributed by atoms with Gasteiger partial charge in [0.05, 0.1) is 35.6 Å². The highest BCUT2D eigenvalue weighted by atomic mass is 32.2. The molecule has 7 nitrogen and oxygen atoms in total. The molecule has 5 rings (SSSR count). The first-order valence-electron chi connectivity index (χ1n) is 9.83. The minimum absolute atomic E-state index is 0.303. The second kappa shape index (κ2) is 9.08. The summed E-state index contributed by atoms with van der Waals surface area (Å²) in [7, 11) is 1.36. The van der Waals surface area contributed by atoms with E-state index in [-0.39, 0.29) is 11.8 Å². The van der Waals surface area contributed by atoms with E-state index in [4.69, 9.17) is 9.72 Å². The zero-order chi connectivity index (χ0) is 22.8. The monoisotopic (exact) mass is 477 g/mol. The van der Waals surface area contributed by atoms with E-state index in [2.05, 4.69) is 15.1 Å². The third-order valence-electron chi connectivity index (χ3n) is 4.86. The fourth-order valence-corrected chi connectivity index (χ4v) is 5.01. The summed E-state index contributed by atoms with van der Waals surface area (Å²) in [4.78, 5) is 25.1. The van der Waals surface area contributed by atoms with E-state index in [1.165, 1.54) is 25.6 Å². The lowest BCUT2D eigenvalue weighted by atomic mass is 10.1. The maximum Gasteiger partial charge on any atom is 0.337 e. The number of benzene rings is 2. The van der Waals surface area contributed by atoms with E-state index in [1.807, 2.05) is 17.5 Å². The summed E-state index contributed by atoms with van der Waals surface area (Å²) in [5.41, 5.74) is 3.75. The van der Waals surface area contributed by atoms with Crippen molar-refractivity contribution in [3.05, 3.63) is 83.5 Å². The van der Waals surface area contributed by atoms with Crippen LogP contribution in [-0.2, 0) is 10.5 Å². The molecule has 0 N–H and O–H groups in total. The van der Waals surface area contributed by atoms with Crippen LogP contribution in [0.25, 0.3) is 27.3 Å². The number of carbonyl (C=O) groups is 1. The molecule has 0 aliphatic carbocycles. The average molecular weight is 478 g/mol. The van der Waals surface area contributed by atoms with Crippen LogP contribution in [0.3, 0.4) is 0 Å². The zero-order valence-electron chi connectivity index (χ0n) is 17.3. The lowest BCUT2D eigenvalue weighted by molar-refractivity contribution is 0.0600. The van der Waals surface area contributed by atoms with Crippen LogP contribution in [0.5, 0.6) is 0 Å². The standard InChI is InChI=1S/C23H16FN5O2S2/c1-31-23(30)15-4-2-14(3-5-15)21-28-17(11-32-21)12-33-22-19-10-27-29(20(19)25-13-26-22)18-8-6-16(24)7-9-18/h2-11,13H,12H2,1H3. The molecule has 0 aliphatic rings. The second-order valence-corrected chi connectivity index (χ2v) is 8.77. The summed E-state index contributed by atoms with van der Waals surface area (Å²) in [6, 6.07) is 13.3. The van der Waals surface area contributed by atoms with Gasteiger partial charge in [0.15, 0.2) is 5.65 Å². The molecule has 0 amide bonds. The van der Waals surface area contributed by atoms with Gasteiger partial charge in [-0.15, -0.1) is 11.3 Å². The van der Waals surface area contributed by atoms with Crippen LogP contribution in [0.2, 0.25) is 0 Å². The van der Waals surface area contributed by atoms with Gasteiger partial charge in [-0.25, -0.2) is 28.8 Å². The minimum Gasteiger partial charge on any atom is -0.465 e. The van der Waals surface area contributed by atoms with Crippen molar-refractivity contribution in [2.45, 2.75) is 10.8 Å². The highest BCUT2D eigenvalue weighted by molar-refractivity contribution is 7.98. The first kappa shape index (κ1) is 21.2. The van der Waals surface area contributed by atoms with E-state index in [0.717, 1.165) is 32.4 Å². The molecule has 0 saturated carbocycles. The van der Waals surface area contributed by atoms with Gasteiger partial charge < -0.3 is 4.74 Å². The maximum atomic E-state index is 13.3. The molecular formula is C23H16FN5O2S2. The van der Waals surface area contributed by atoms with Crippen LogP contribution in [0, 0.1) is 5.82 Å². The van der Waals surface area contributed by atoms with Gasteiger partial charge >= 0.3 is 5.97 Å². The Morgan fingerprint density at radius 3 is 2.67 bits per heavy atom. The number of hydrogen-bond acceptors (Lipinski definition) is 8. The van der Waals surface area contributed by atoms with Gasteiger partial charge in [0.25, 0.3) is 0 Å². The number of hydrogen-bond donors (Lipinski definition) is 0. The summed E-state index contributed by atoms with van der Waals surface area (Å²) in [5, 5.41) is 8.91. The quantitative estimate of drug-likeness (QED) is 0.190. The maximum absolute atomic E-state index is 13.3. The van der Waals surface area contributed by atoms with Crippen molar-refractivity contribution in [2.75, 3.05) is 7.11 Å². The summed E-state index contributed by atoms with van der Waals surface area (Å²) in [6.07, 6.45) is 3.22. The van der Waals surface area contributed by atoms with E-state index in [9.17, 15) is 9.18 Å². The van der Waals surface area contributed by atoms with E-state index in [0.29, 0.717) is 17.0 Å². The molecule has 2 aromatic carbocycles. The third kappa shape index (κ3) is 4.35. The zero-order valence-corrected chi connectivity index (χ0v) is 18.9. The minimum atomic E-state index is -0.364. The van der Waals surface area contributed by atoms with Gasteiger partial charge in [0.1, 0.15) is 22.2 Å². The summed E-state index contributed by atoms with van der Waals surface area (Å²) < 4.78 is 19.7. The molecule has 164 valence electrons. The Bertz CT molecular complexity index is 1430. The lowest BCUT2D eigenvalue weighted by Gasteiger charge is -2.04. The molecule has 0 aliphatic heterocycles. The first-order valence-corrected chi connectivity index (χ1v) is 11.7. The molecule has 0 unspecified atom stereocenters. The van der Waals surface area contributed by atoms with Gasteiger partial charge in [0.2, 0.25) is 0 Å². The normalized spacial score (nSPS) is 11.1. The predicted octanol–water partition coefficient (Wildman–Crippen LogP) is 5.16. The number of halogens is 1. The van der Waals surface area contributed by atoms with Crippen molar-refractivity contribution in [1.29, 1.82) is 0 Å². The van der Waals surface area contributed by atoms with Crippen LogP contribution in [0.4, 0.5) is 4.39 Å². The molecule has 10 heteroatoms. The molecule has 0 saturated heterocycles. The average Bonchev–Trinajstić information content (AvgIpc) is 3.51. The lowest BCUT2D eigenvalue weighted by Crippen LogP contribution is -2.00. The highest BCUT2D eigenvalue weighted by Crippen LogP contribution is 2.31. The topological polar surface area (TPSA) is 82.8 Å². The van der Waals surface area contributed by atoms with Crippen LogP contribution >= 0.6 is 23.1 Å². The second-order valence-electron chi connectivity index (χ2n) is 6.95. The largest absolute Gasteiger partial charge is 0.465 e. The smallest absolute Gasteiger partial charge is 0.337 e. The fourth-order valence-electron chi connectivity index (χ4n) is 3.22. The molecule has 5 aromatic rings. The Balaban J connectivity index is 1.33. The number of rotatable bonds is 6. The van der Waals surface area contributed by atoms with Crippen molar-refractivity contribution in [1.82, 2.24) is 24.7 Å². The number of nitrogens with zero attached hydrogens (tertiary/aromatic N) is 5. The Morgan fingerprint density at radius 2 is 1.91 bits per heavy atom. The fraction of sp³-hybridized carbons (Fsp3) is 0.0870. The van der Waals surface area contributed by atoms with Crippen molar-refractivity contribution in [3.8, 4) is 16.3 Å². The van der Waals surface area contributed by atoms with Gasteiger partial charge in [-0.05, 0) is 36.4 Å². The van der Waals surface area contributed by atoms with Gasteiger partial charge in [0, 0.05) is 16.7 Å². The molecule has 3 aromatic heterocycles. The molecule has 0 bridgehead atoms. The Morgan fingerprint density at radius 1 is 1.12 bits per heavy atom. The van der Waals surface area contributed by atoms with Crippen molar-refractivity contribution in [3.63, 3.8) is 0 Å². The van der Waals surface area contributed by atoms with Crippen LogP contribution < -0.4 is 0 Å². The van der Waals surface area contributed by atoms with Crippen molar-refractivity contribution < 1.29 is 13.9 Å². The summed E-state index contributed by atoms with van der Waals surface area (Å²) in [5.74, 6) is -0.0373. The Labute approximate surface area is 196 Å². The summed E-state index contributed by atoms with van der Waals surface area (Å²) >= 11 is 3.09. The van der Waals surface area contributed by atoms with Crippen LogP contribution in [0.1, 0.15) is 16.1 Å². The highest BCUT2D eigenvalue weighted by Gasteiger charge is 2.13. The first-order chi connectivity index (χ1) is 16.1. The Hall–Kier alpha value is -3.63. The number of aromatic nitrogens is 5. The molecule has 0 radical (unpaired) electrons. The van der Waals surface area contributed by atoms with E-state index < -0.39 is 0 Å². The number of fused-ring (bicyclic) bond motifs is 1. The summed E-state index contributed by atoms with van der Waals surface area (Å²) in [6.45, 7) is 0. The predicted molar refractivity (Wildman–Crippen MR) is 125 cm³/mol. The Kier molecular flexibility index (Phi) is 5.84. The SMILES string of the molecule is COC(=O)c1ccc(-c2nc(CSc3ncnc4c3cnn4-c3ccc(F)cc3)cs2)cc1. The van der Waals surface area contributed by atoms with Crippen molar-refractivity contribution in [2.24, 2.45) is 0 Å². The number of thiazole rings is 1. The number of esters is 1. The molecular weight excluding hydrogens is 461 g/mol. The molecule has 3 heterocycles. The number of thioether (sulfide) groups is 1. The molecule has 0 atom stereocenters. The molecule has 33 heavy (non-hydrogen) atoms. The molecule has 0 fully saturated rings. The number of carbonyl (C=O) groups excluding carboxylic acids is 1. The van der Waals surface area contributed by atoms with Gasteiger partial charge in [-0.2, -0.15) is 5.10 Å².